The molecule has 4 rings (SSSR count). The van der Waals surface area contributed by atoms with Crippen LogP contribution in [0.15, 0.2) is 78.9 Å². The van der Waals surface area contributed by atoms with Crippen molar-refractivity contribution < 1.29 is 4.79 Å². The molecule has 0 spiro atoms. The van der Waals surface area contributed by atoms with Crippen LogP contribution in [0.25, 0.3) is 11.0 Å². The van der Waals surface area contributed by atoms with Gasteiger partial charge in [-0.05, 0) is 29.3 Å². The van der Waals surface area contributed by atoms with Gasteiger partial charge >= 0.3 is 6.03 Å². The van der Waals surface area contributed by atoms with Crippen LogP contribution in [0.2, 0.25) is 5.02 Å². The summed E-state index contributed by atoms with van der Waals surface area (Å²) in [5.74, 6) is 0.808. The third kappa shape index (κ3) is 4.58. The Kier molecular flexibility index (Phi) is 5.77. The molecule has 2 N–H and O–H groups in total. The minimum Gasteiger partial charge on any atom is -0.334 e. The number of halogens is 1. The molecule has 3 aromatic carbocycles. The molecule has 5 nitrogen and oxygen atoms in total. The average Bonchev–Trinajstić information content (AvgIpc) is 3.10. The number of nitrogens with one attached hydrogen (secondary N) is 2. The first-order valence-electron chi connectivity index (χ1n) is 9.44. The molecule has 0 aliphatic rings. The Labute approximate surface area is 174 Å². The van der Waals surface area contributed by atoms with Gasteiger partial charge in [0.2, 0.25) is 0 Å². The summed E-state index contributed by atoms with van der Waals surface area (Å²) < 4.78 is 2.14. The first-order chi connectivity index (χ1) is 14.2. The molecule has 0 saturated heterocycles. The SMILES string of the molecule is O=C(NCc1ccccc1Cl)NCc1nc2ccccc2n1Cc1ccccc1. The quantitative estimate of drug-likeness (QED) is 0.487. The van der Waals surface area contributed by atoms with Gasteiger partial charge in [-0.25, -0.2) is 9.78 Å². The van der Waals surface area contributed by atoms with E-state index < -0.39 is 0 Å². The predicted octanol–water partition coefficient (Wildman–Crippen LogP) is 4.74. The molecule has 1 heterocycles. The predicted molar refractivity (Wildman–Crippen MR) is 116 cm³/mol. The van der Waals surface area contributed by atoms with Gasteiger partial charge in [0.05, 0.1) is 17.6 Å². The number of nitrogens with zero attached hydrogens (tertiary/aromatic N) is 2. The van der Waals surface area contributed by atoms with E-state index in [0.29, 0.717) is 24.7 Å². The monoisotopic (exact) mass is 404 g/mol. The number of carbonyl (C=O) groups excluding carboxylic acids is 1. The maximum Gasteiger partial charge on any atom is 0.315 e. The minimum absolute atomic E-state index is 0.261. The maximum atomic E-state index is 12.3. The lowest BCUT2D eigenvalue weighted by Gasteiger charge is -2.11. The van der Waals surface area contributed by atoms with Crippen molar-refractivity contribution in [1.82, 2.24) is 20.2 Å². The number of aromatic nitrogens is 2. The number of amides is 2. The molecule has 0 fully saturated rings. The van der Waals surface area contributed by atoms with Crippen LogP contribution in [-0.2, 0) is 19.6 Å². The number of imidazole rings is 1. The van der Waals surface area contributed by atoms with E-state index in [1.165, 1.54) is 5.56 Å². The van der Waals surface area contributed by atoms with Gasteiger partial charge < -0.3 is 15.2 Å². The van der Waals surface area contributed by atoms with Crippen molar-refractivity contribution in [3.8, 4) is 0 Å². The van der Waals surface area contributed by atoms with Crippen molar-refractivity contribution >= 4 is 28.7 Å². The summed E-state index contributed by atoms with van der Waals surface area (Å²) in [5, 5.41) is 6.38. The first kappa shape index (κ1) is 19.0. The zero-order valence-electron chi connectivity index (χ0n) is 15.8. The fourth-order valence-electron chi connectivity index (χ4n) is 3.24. The van der Waals surface area contributed by atoms with Crippen LogP contribution < -0.4 is 10.6 Å². The summed E-state index contributed by atoms with van der Waals surface area (Å²) in [7, 11) is 0. The highest BCUT2D eigenvalue weighted by atomic mass is 35.5. The van der Waals surface area contributed by atoms with Crippen molar-refractivity contribution in [2.24, 2.45) is 0 Å². The second-order valence-electron chi connectivity index (χ2n) is 6.72. The van der Waals surface area contributed by atoms with Crippen LogP contribution in [0.5, 0.6) is 0 Å². The third-order valence-corrected chi connectivity index (χ3v) is 5.09. The third-order valence-electron chi connectivity index (χ3n) is 4.72. The lowest BCUT2D eigenvalue weighted by Crippen LogP contribution is -2.35. The van der Waals surface area contributed by atoms with Crippen LogP contribution in [0.1, 0.15) is 17.0 Å². The Morgan fingerprint density at radius 2 is 1.55 bits per heavy atom. The molecule has 0 radical (unpaired) electrons. The fraction of sp³-hybridized carbons (Fsp3) is 0.130. The molecule has 0 saturated carbocycles. The second kappa shape index (κ2) is 8.80. The largest absolute Gasteiger partial charge is 0.334 e. The molecule has 0 unspecified atom stereocenters. The molecule has 0 atom stereocenters. The van der Waals surface area contributed by atoms with Crippen molar-refractivity contribution in [3.05, 3.63) is 101 Å². The van der Waals surface area contributed by atoms with Crippen LogP contribution in [-0.4, -0.2) is 15.6 Å². The van der Waals surface area contributed by atoms with Gasteiger partial charge in [0.15, 0.2) is 0 Å². The van der Waals surface area contributed by atoms with Crippen molar-refractivity contribution in [3.63, 3.8) is 0 Å². The van der Waals surface area contributed by atoms with Crippen molar-refractivity contribution in [1.29, 1.82) is 0 Å². The zero-order valence-corrected chi connectivity index (χ0v) is 16.6. The van der Waals surface area contributed by atoms with Crippen LogP contribution >= 0.6 is 11.6 Å². The summed E-state index contributed by atoms with van der Waals surface area (Å²) in [6.45, 7) is 1.39. The standard InChI is InChI=1S/C23H21ClN4O/c24-19-11-5-4-10-18(19)14-25-23(29)26-15-22-27-20-12-6-7-13-21(20)28(22)16-17-8-2-1-3-9-17/h1-13H,14-16H2,(H2,25,26,29). The summed E-state index contributed by atoms with van der Waals surface area (Å²) >= 11 is 6.14. The highest BCUT2D eigenvalue weighted by molar-refractivity contribution is 6.31. The van der Waals surface area contributed by atoms with E-state index in [1.54, 1.807) is 0 Å². The number of rotatable bonds is 6. The van der Waals surface area contributed by atoms with E-state index in [-0.39, 0.29) is 6.03 Å². The number of carbonyl (C=O) groups is 1. The summed E-state index contributed by atoms with van der Waals surface area (Å²) in [5.41, 5.74) is 4.02. The molecule has 6 heteroatoms. The van der Waals surface area contributed by atoms with Gasteiger partial charge in [0.1, 0.15) is 5.82 Å². The lowest BCUT2D eigenvalue weighted by molar-refractivity contribution is 0.239. The zero-order chi connectivity index (χ0) is 20.1. The molecule has 4 aromatic rings. The number of urea groups is 1. The fourth-order valence-corrected chi connectivity index (χ4v) is 3.44. The summed E-state index contributed by atoms with van der Waals surface area (Å²) in [4.78, 5) is 17.0. The van der Waals surface area contributed by atoms with Gasteiger partial charge in [-0.15, -0.1) is 0 Å². The smallest absolute Gasteiger partial charge is 0.315 e. The molecule has 0 bridgehead atoms. The Morgan fingerprint density at radius 1 is 0.862 bits per heavy atom. The Hall–Kier alpha value is -3.31. The van der Waals surface area contributed by atoms with E-state index in [2.05, 4.69) is 27.3 Å². The molecule has 0 aliphatic carbocycles. The van der Waals surface area contributed by atoms with E-state index in [9.17, 15) is 4.79 Å². The second-order valence-corrected chi connectivity index (χ2v) is 7.12. The van der Waals surface area contributed by atoms with Crippen LogP contribution in [0.4, 0.5) is 4.79 Å². The molecule has 2 amide bonds. The minimum atomic E-state index is -0.261. The van der Waals surface area contributed by atoms with Crippen molar-refractivity contribution in [2.75, 3.05) is 0 Å². The Bertz CT molecular complexity index is 1120. The number of benzene rings is 3. The van der Waals surface area contributed by atoms with Gasteiger partial charge in [-0.3, -0.25) is 0 Å². The topological polar surface area (TPSA) is 59.0 Å². The number of fused-ring (bicyclic) bond motifs is 1. The van der Waals surface area contributed by atoms with Gasteiger partial charge in [0.25, 0.3) is 0 Å². The van der Waals surface area contributed by atoms with Gasteiger partial charge in [0, 0.05) is 18.1 Å². The summed E-state index contributed by atoms with van der Waals surface area (Å²) in [6, 6.07) is 25.4. The molecule has 0 aliphatic heterocycles. The molecular formula is C23H21ClN4O. The van der Waals surface area contributed by atoms with Gasteiger partial charge in [-0.1, -0.05) is 72.3 Å². The van der Waals surface area contributed by atoms with E-state index in [0.717, 1.165) is 22.4 Å². The van der Waals surface area contributed by atoms with Crippen LogP contribution in [0.3, 0.4) is 0 Å². The number of hydrogen-bond donors (Lipinski definition) is 2. The number of hydrogen-bond acceptors (Lipinski definition) is 2. The average molecular weight is 405 g/mol. The Balaban J connectivity index is 1.46. The lowest BCUT2D eigenvalue weighted by atomic mass is 10.2. The summed E-state index contributed by atoms with van der Waals surface area (Å²) in [6.07, 6.45) is 0. The molecule has 29 heavy (non-hydrogen) atoms. The van der Waals surface area contributed by atoms with Gasteiger partial charge in [-0.2, -0.15) is 0 Å². The highest BCUT2D eigenvalue weighted by Crippen LogP contribution is 2.18. The van der Waals surface area contributed by atoms with E-state index >= 15 is 0 Å². The molecule has 1 aromatic heterocycles. The van der Waals surface area contributed by atoms with Crippen molar-refractivity contribution in [2.45, 2.75) is 19.6 Å². The maximum absolute atomic E-state index is 12.3. The number of para-hydroxylation sites is 2. The highest BCUT2D eigenvalue weighted by Gasteiger charge is 2.12. The van der Waals surface area contributed by atoms with E-state index in [1.807, 2.05) is 66.7 Å². The normalized spacial score (nSPS) is 10.8. The van der Waals surface area contributed by atoms with Crippen LogP contribution in [0, 0.1) is 0 Å². The Morgan fingerprint density at radius 3 is 2.38 bits per heavy atom. The molecule has 146 valence electrons. The van der Waals surface area contributed by atoms with E-state index in [4.69, 9.17) is 16.6 Å². The first-order valence-corrected chi connectivity index (χ1v) is 9.81. The molecular weight excluding hydrogens is 384 g/mol.